The molecule has 1 aromatic heterocycles. The molecule has 2 heterocycles. The molecule has 0 aromatic carbocycles. The van der Waals surface area contributed by atoms with Crippen LogP contribution in [-0.2, 0) is 11.3 Å². The zero-order chi connectivity index (χ0) is 13.0. The molecule has 1 unspecified atom stereocenters. The Kier molecular flexibility index (Phi) is 4.11. The second-order valence-corrected chi connectivity index (χ2v) is 4.42. The number of aromatic nitrogens is 1. The molecule has 18 heavy (non-hydrogen) atoms. The van der Waals surface area contributed by atoms with Crippen molar-refractivity contribution in [3.63, 3.8) is 0 Å². The van der Waals surface area contributed by atoms with Gasteiger partial charge in [0, 0.05) is 19.8 Å². The van der Waals surface area contributed by atoms with Crippen molar-refractivity contribution in [3.8, 4) is 0 Å². The first kappa shape index (κ1) is 12.8. The van der Waals surface area contributed by atoms with Crippen LogP contribution in [0.15, 0.2) is 18.3 Å². The number of likely N-dealkylation sites (N-methyl/N-ethyl adjacent to an activating group) is 1. The second kappa shape index (κ2) is 5.79. The van der Waals surface area contributed by atoms with E-state index in [1.807, 2.05) is 12.1 Å². The molecule has 98 valence electrons. The Balaban J connectivity index is 2.05. The van der Waals surface area contributed by atoms with Crippen LogP contribution in [0.25, 0.3) is 0 Å². The molecule has 1 atom stereocenters. The van der Waals surface area contributed by atoms with Crippen LogP contribution in [-0.4, -0.2) is 35.4 Å². The normalized spacial score (nSPS) is 19.8. The summed E-state index contributed by atoms with van der Waals surface area (Å²) in [4.78, 5) is 18.2. The van der Waals surface area contributed by atoms with Gasteiger partial charge in [0.2, 0.25) is 5.91 Å². The number of hydrogen-bond acceptors (Lipinski definition) is 5. The molecule has 1 aliphatic rings. The van der Waals surface area contributed by atoms with Crippen LogP contribution in [0.1, 0.15) is 18.5 Å². The lowest BCUT2D eigenvalue weighted by Gasteiger charge is -2.22. The summed E-state index contributed by atoms with van der Waals surface area (Å²) < 4.78 is 0. The second-order valence-electron chi connectivity index (χ2n) is 4.42. The number of hydrogen-bond donors (Lipinski definition) is 3. The number of amides is 1. The van der Waals surface area contributed by atoms with Crippen LogP contribution in [0.5, 0.6) is 0 Å². The zero-order valence-corrected chi connectivity index (χ0v) is 10.5. The molecule has 6 heteroatoms. The fraction of sp³-hybridized carbons (Fsp3) is 0.500. The van der Waals surface area contributed by atoms with Crippen LogP contribution in [0.2, 0.25) is 0 Å². The van der Waals surface area contributed by atoms with Crippen LogP contribution in [0.3, 0.4) is 0 Å². The standard InChI is InChI=1S/C12H19N5O/c1-14-12(18)11-3-2-6-17(11)8-10-7-9(16-13)4-5-15-10/h4-5,7,11H,2-3,6,8,13H2,1H3,(H,14,18)(H,15,16). The topological polar surface area (TPSA) is 83.3 Å². The van der Waals surface area contributed by atoms with Gasteiger partial charge in [-0.25, -0.2) is 0 Å². The Morgan fingerprint density at radius 3 is 3.22 bits per heavy atom. The fourth-order valence-corrected chi connectivity index (χ4v) is 2.34. The van der Waals surface area contributed by atoms with Crippen LogP contribution in [0.4, 0.5) is 5.69 Å². The van der Waals surface area contributed by atoms with Gasteiger partial charge in [0.25, 0.3) is 0 Å². The van der Waals surface area contributed by atoms with E-state index in [4.69, 9.17) is 5.84 Å². The minimum Gasteiger partial charge on any atom is -0.358 e. The van der Waals surface area contributed by atoms with Crippen LogP contribution >= 0.6 is 0 Å². The van der Waals surface area contributed by atoms with Crippen LogP contribution < -0.4 is 16.6 Å². The first-order valence-corrected chi connectivity index (χ1v) is 6.12. The van der Waals surface area contributed by atoms with E-state index in [1.54, 1.807) is 13.2 Å². The van der Waals surface area contributed by atoms with E-state index in [1.165, 1.54) is 0 Å². The number of nitrogen functional groups attached to an aromatic ring is 1. The van der Waals surface area contributed by atoms with Gasteiger partial charge in [-0.2, -0.15) is 0 Å². The van der Waals surface area contributed by atoms with Gasteiger partial charge in [0.1, 0.15) is 0 Å². The first-order chi connectivity index (χ1) is 8.74. The summed E-state index contributed by atoms with van der Waals surface area (Å²) in [6, 6.07) is 3.68. The number of carbonyl (C=O) groups excluding carboxylic acids is 1. The van der Waals surface area contributed by atoms with Gasteiger partial charge in [-0.05, 0) is 31.5 Å². The van der Waals surface area contributed by atoms with Crippen molar-refractivity contribution < 1.29 is 4.79 Å². The molecule has 4 N–H and O–H groups in total. The summed E-state index contributed by atoms with van der Waals surface area (Å²) >= 11 is 0. The molecule has 0 radical (unpaired) electrons. The van der Waals surface area contributed by atoms with E-state index >= 15 is 0 Å². The molecule has 1 fully saturated rings. The monoisotopic (exact) mass is 249 g/mol. The van der Waals surface area contributed by atoms with Gasteiger partial charge in [-0.3, -0.25) is 20.5 Å². The predicted octanol–water partition coefficient (Wildman–Crippen LogP) is 0.0776. The number of carbonyl (C=O) groups is 1. The lowest BCUT2D eigenvalue weighted by molar-refractivity contribution is -0.125. The number of pyridine rings is 1. The molecule has 0 spiro atoms. The molecule has 0 saturated carbocycles. The Morgan fingerprint density at radius 1 is 1.67 bits per heavy atom. The van der Waals surface area contributed by atoms with Crippen molar-refractivity contribution in [3.05, 3.63) is 24.0 Å². The Bertz CT molecular complexity index is 423. The Hall–Kier alpha value is -1.66. The molecular weight excluding hydrogens is 230 g/mol. The highest BCUT2D eigenvalue weighted by Gasteiger charge is 2.29. The molecule has 1 aliphatic heterocycles. The molecule has 1 aromatic rings. The van der Waals surface area contributed by atoms with Gasteiger partial charge in [0.15, 0.2) is 0 Å². The lowest BCUT2D eigenvalue weighted by Crippen LogP contribution is -2.41. The van der Waals surface area contributed by atoms with Gasteiger partial charge in [-0.1, -0.05) is 0 Å². The lowest BCUT2D eigenvalue weighted by atomic mass is 10.2. The van der Waals surface area contributed by atoms with E-state index in [0.717, 1.165) is 30.8 Å². The molecular formula is C12H19N5O. The predicted molar refractivity (Wildman–Crippen MR) is 69.5 cm³/mol. The number of likely N-dealkylation sites (tertiary alicyclic amines) is 1. The van der Waals surface area contributed by atoms with Gasteiger partial charge in [0.05, 0.1) is 17.4 Å². The first-order valence-electron chi connectivity index (χ1n) is 6.12. The summed E-state index contributed by atoms with van der Waals surface area (Å²) in [5.74, 6) is 5.45. The number of anilines is 1. The number of hydrazine groups is 1. The minimum absolute atomic E-state index is 0.0358. The van der Waals surface area contributed by atoms with Crippen molar-refractivity contribution in [1.29, 1.82) is 0 Å². The highest BCUT2D eigenvalue weighted by molar-refractivity contribution is 5.81. The van der Waals surface area contributed by atoms with Gasteiger partial charge in [-0.15, -0.1) is 0 Å². The van der Waals surface area contributed by atoms with E-state index in [9.17, 15) is 4.79 Å². The van der Waals surface area contributed by atoms with Crippen molar-refractivity contribution >= 4 is 11.6 Å². The van der Waals surface area contributed by atoms with Crippen molar-refractivity contribution in [2.24, 2.45) is 5.84 Å². The number of nitrogens with two attached hydrogens (primary N) is 1. The van der Waals surface area contributed by atoms with E-state index in [-0.39, 0.29) is 11.9 Å². The summed E-state index contributed by atoms with van der Waals surface area (Å²) in [5.41, 5.74) is 4.35. The quantitative estimate of drug-likeness (QED) is 0.520. The van der Waals surface area contributed by atoms with Crippen molar-refractivity contribution in [2.45, 2.75) is 25.4 Å². The summed E-state index contributed by atoms with van der Waals surface area (Å²) in [6.07, 6.45) is 3.68. The molecule has 2 rings (SSSR count). The summed E-state index contributed by atoms with van der Waals surface area (Å²) in [7, 11) is 1.68. The Morgan fingerprint density at radius 2 is 2.50 bits per heavy atom. The smallest absolute Gasteiger partial charge is 0.237 e. The van der Waals surface area contributed by atoms with Gasteiger partial charge < -0.3 is 10.7 Å². The number of nitrogens with one attached hydrogen (secondary N) is 2. The number of nitrogens with zero attached hydrogens (tertiary/aromatic N) is 2. The van der Waals surface area contributed by atoms with Crippen molar-refractivity contribution in [1.82, 2.24) is 15.2 Å². The minimum atomic E-state index is -0.0358. The van der Waals surface area contributed by atoms with Crippen molar-refractivity contribution in [2.75, 3.05) is 19.0 Å². The maximum Gasteiger partial charge on any atom is 0.237 e. The zero-order valence-electron chi connectivity index (χ0n) is 10.5. The van der Waals surface area contributed by atoms with E-state index in [0.29, 0.717) is 6.54 Å². The van der Waals surface area contributed by atoms with Crippen LogP contribution in [0, 0.1) is 0 Å². The molecule has 0 bridgehead atoms. The largest absolute Gasteiger partial charge is 0.358 e. The summed E-state index contributed by atoms with van der Waals surface area (Å²) in [6.45, 7) is 1.60. The maximum absolute atomic E-state index is 11.7. The molecule has 1 saturated heterocycles. The fourth-order valence-electron chi connectivity index (χ4n) is 2.34. The number of rotatable bonds is 4. The van der Waals surface area contributed by atoms with E-state index < -0.39 is 0 Å². The highest BCUT2D eigenvalue weighted by atomic mass is 16.2. The maximum atomic E-state index is 11.7. The molecule has 1 amide bonds. The third kappa shape index (κ3) is 2.77. The Labute approximate surface area is 107 Å². The average molecular weight is 249 g/mol. The SMILES string of the molecule is CNC(=O)C1CCCN1Cc1cc(NN)ccn1. The van der Waals surface area contributed by atoms with Gasteiger partial charge >= 0.3 is 0 Å². The third-order valence-corrected chi connectivity index (χ3v) is 3.26. The summed E-state index contributed by atoms with van der Waals surface area (Å²) in [5, 5.41) is 2.71. The van der Waals surface area contributed by atoms with E-state index in [2.05, 4.69) is 20.6 Å². The average Bonchev–Trinajstić information content (AvgIpc) is 2.86. The molecule has 0 aliphatic carbocycles. The molecule has 6 nitrogen and oxygen atoms in total. The third-order valence-electron chi connectivity index (χ3n) is 3.26. The highest BCUT2D eigenvalue weighted by Crippen LogP contribution is 2.20.